The lowest BCUT2D eigenvalue weighted by Gasteiger charge is -2.23. The number of carbonyl (C=O) groups is 3. The molecule has 1 N–H and O–H groups in total. The zero-order valence-corrected chi connectivity index (χ0v) is 15.5. The third-order valence-electron chi connectivity index (χ3n) is 4.19. The molecule has 142 valence electrons. The van der Waals surface area contributed by atoms with Crippen LogP contribution in [0.2, 0.25) is 0 Å². The molecule has 0 aliphatic carbocycles. The van der Waals surface area contributed by atoms with Crippen LogP contribution in [0, 0.1) is 0 Å². The maximum Gasteiger partial charge on any atom is 0.337 e. The number of unbranched alkanes of at least 4 members (excludes halogenated alkanes) is 1. The Hall–Kier alpha value is -3.15. The van der Waals surface area contributed by atoms with Crippen molar-refractivity contribution in [1.82, 2.24) is 0 Å². The van der Waals surface area contributed by atoms with Crippen LogP contribution in [-0.2, 0) is 16.1 Å². The summed E-state index contributed by atoms with van der Waals surface area (Å²) < 4.78 is 4.69. The number of esters is 1. The van der Waals surface area contributed by atoms with E-state index >= 15 is 0 Å². The van der Waals surface area contributed by atoms with Gasteiger partial charge in [0.15, 0.2) is 0 Å². The lowest BCUT2D eigenvalue weighted by Crippen LogP contribution is -2.30. The normalized spacial score (nSPS) is 10.3. The van der Waals surface area contributed by atoms with Crippen molar-refractivity contribution in [2.24, 2.45) is 0 Å². The van der Waals surface area contributed by atoms with Crippen LogP contribution in [0.5, 0.6) is 0 Å². The smallest absolute Gasteiger partial charge is 0.337 e. The van der Waals surface area contributed by atoms with Gasteiger partial charge in [-0.25, -0.2) is 9.59 Å². The van der Waals surface area contributed by atoms with Crippen molar-refractivity contribution in [3.05, 3.63) is 65.2 Å². The van der Waals surface area contributed by atoms with Crippen LogP contribution in [0.25, 0.3) is 0 Å². The largest absolute Gasteiger partial charge is 0.478 e. The standard InChI is InChI=1S/C21H23NO5/c1-3-4-5-19(23)22(18-12-10-16(11-13-18)20(24)25)14-15-6-8-17(9-7-15)21(26)27-2/h6-13H,3-5,14H2,1-2H3,(H,24,25). The molecular formula is C21H23NO5. The Balaban J connectivity index is 2.25. The van der Waals surface area contributed by atoms with Gasteiger partial charge in [-0.05, 0) is 48.4 Å². The number of hydrogen-bond acceptors (Lipinski definition) is 4. The Bertz CT molecular complexity index is 796. The summed E-state index contributed by atoms with van der Waals surface area (Å²) >= 11 is 0. The highest BCUT2D eigenvalue weighted by atomic mass is 16.5. The molecule has 0 heterocycles. The van der Waals surface area contributed by atoms with Crippen molar-refractivity contribution in [2.75, 3.05) is 12.0 Å². The van der Waals surface area contributed by atoms with Crippen molar-refractivity contribution < 1.29 is 24.2 Å². The van der Waals surface area contributed by atoms with Crippen LogP contribution in [0.3, 0.4) is 0 Å². The number of carboxylic acids is 1. The molecule has 0 bridgehead atoms. The Labute approximate surface area is 158 Å². The van der Waals surface area contributed by atoms with Gasteiger partial charge in [-0.15, -0.1) is 0 Å². The fourth-order valence-electron chi connectivity index (χ4n) is 2.62. The second kappa shape index (κ2) is 9.52. The number of methoxy groups -OCH3 is 1. The fraction of sp³-hybridized carbons (Fsp3) is 0.286. The summed E-state index contributed by atoms with van der Waals surface area (Å²) in [6.07, 6.45) is 2.10. The summed E-state index contributed by atoms with van der Waals surface area (Å²) in [4.78, 5) is 36.9. The molecule has 2 rings (SSSR count). The molecule has 0 fully saturated rings. The summed E-state index contributed by atoms with van der Waals surface area (Å²) in [5, 5.41) is 9.05. The minimum absolute atomic E-state index is 0.0306. The number of aromatic carboxylic acids is 1. The molecule has 0 spiro atoms. The predicted molar refractivity (Wildman–Crippen MR) is 102 cm³/mol. The van der Waals surface area contributed by atoms with E-state index in [1.54, 1.807) is 41.3 Å². The summed E-state index contributed by atoms with van der Waals surface area (Å²) in [5.41, 5.74) is 2.10. The first-order valence-corrected chi connectivity index (χ1v) is 8.77. The van der Waals surface area contributed by atoms with Crippen molar-refractivity contribution >= 4 is 23.5 Å². The Kier molecular flexibility index (Phi) is 7.11. The lowest BCUT2D eigenvalue weighted by molar-refractivity contribution is -0.118. The molecule has 6 nitrogen and oxygen atoms in total. The van der Waals surface area contributed by atoms with Crippen LogP contribution in [-0.4, -0.2) is 30.1 Å². The highest BCUT2D eigenvalue weighted by molar-refractivity contribution is 5.94. The number of anilines is 1. The molecule has 0 atom stereocenters. The fourth-order valence-corrected chi connectivity index (χ4v) is 2.62. The molecule has 2 aromatic rings. The van der Waals surface area contributed by atoms with Gasteiger partial charge in [0.25, 0.3) is 0 Å². The molecule has 0 aliphatic rings. The summed E-state index contributed by atoms with van der Waals surface area (Å²) in [6, 6.07) is 13.1. The van der Waals surface area contributed by atoms with E-state index in [9.17, 15) is 14.4 Å². The van der Waals surface area contributed by atoms with Gasteiger partial charge in [0.05, 0.1) is 24.8 Å². The van der Waals surface area contributed by atoms with Gasteiger partial charge in [-0.2, -0.15) is 0 Å². The maximum absolute atomic E-state index is 12.7. The Morgan fingerprint density at radius 2 is 1.56 bits per heavy atom. The summed E-state index contributed by atoms with van der Waals surface area (Å²) in [7, 11) is 1.32. The molecule has 0 aliphatic heterocycles. The van der Waals surface area contributed by atoms with E-state index in [1.807, 2.05) is 6.92 Å². The van der Waals surface area contributed by atoms with E-state index in [1.165, 1.54) is 19.2 Å². The third kappa shape index (κ3) is 5.41. The van der Waals surface area contributed by atoms with Crippen molar-refractivity contribution in [3.63, 3.8) is 0 Å². The monoisotopic (exact) mass is 369 g/mol. The average molecular weight is 369 g/mol. The zero-order valence-electron chi connectivity index (χ0n) is 15.5. The molecule has 27 heavy (non-hydrogen) atoms. The minimum atomic E-state index is -1.01. The number of carbonyl (C=O) groups excluding carboxylic acids is 2. The molecular weight excluding hydrogens is 346 g/mol. The van der Waals surface area contributed by atoms with Crippen LogP contribution >= 0.6 is 0 Å². The van der Waals surface area contributed by atoms with Gasteiger partial charge >= 0.3 is 11.9 Å². The van der Waals surface area contributed by atoms with E-state index in [4.69, 9.17) is 5.11 Å². The summed E-state index contributed by atoms with van der Waals surface area (Å²) in [5.74, 6) is -1.46. The van der Waals surface area contributed by atoms with Crippen molar-refractivity contribution in [3.8, 4) is 0 Å². The second-order valence-corrected chi connectivity index (χ2v) is 6.12. The van der Waals surface area contributed by atoms with Gasteiger partial charge in [0.2, 0.25) is 5.91 Å². The van der Waals surface area contributed by atoms with Crippen molar-refractivity contribution in [2.45, 2.75) is 32.7 Å². The van der Waals surface area contributed by atoms with E-state index in [2.05, 4.69) is 4.74 Å². The van der Waals surface area contributed by atoms with Crippen LogP contribution in [0.4, 0.5) is 5.69 Å². The number of benzene rings is 2. The quantitative estimate of drug-likeness (QED) is 0.714. The second-order valence-electron chi connectivity index (χ2n) is 6.12. The van der Waals surface area contributed by atoms with Gasteiger partial charge in [-0.3, -0.25) is 4.79 Å². The SMILES string of the molecule is CCCCC(=O)N(Cc1ccc(C(=O)OC)cc1)c1ccc(C(=O)O)cc1. The lowest BCUT2D eigenvalue weighted by atomic mass is 10.1. The third-order valence-corrected chi connectivity index (χ3v) is 4.19. The Morgan fingerprint density at radius 3 is 2.07 bits per heavy atom. The predicted octanol–water partition coefficient (Wildman–Crippen LogP) is 3.89. The minimum Gasteiger partial charge on any atom is -0.478 e. The van der Waals surface area contributed by atoms with Crippen LogP contribution in [0.15, 0.2) is 48.5 Å². The van der Waals surface area contributed by atoms with E-state index in [0.717, 1.165) is 18.4 Å². The maximum atomic E-state index is 12.7. The van der Waals surface area contributed by atoms with Gasteiger partial charge in [0, 0.05) is 12.1 Å². The van der Waals surface area contributed by atoms with Crippen LogP contribution in [0.1, 0.15) is 52.5 Å². The summed E-state index contributed by atoms with van der Waals surface area (Å²) in [6.45, 7) is 2.35. The molecule has 6 heteroatoms. The molecule has 2 aromatic carbocycles. The van der Waals surface area contributed by atoms with Crippen LogP contribution < -0.4 is 4.90 Å². The van der Waals surface area contributed by atoms with Gasteiger partial charge in [0.1, 0.15) is 0 Å². The number of rotatable bonds is 8. The molecule has 0 radical (unpaired) electrons. The molecule has 1 amide bonds. The highest BCUT2D eigenvalue weighted by Crippen LogP contribution is 2.21. The van der Waals surface area contributed by atoms with Gasteiger partial charge in [-0.1, -0.05) is 25.5 Å². The molecule has 0 saturated heterocycles. The number of carboxylic acid groups (broad SMARTS) is 1. The van der Waals surface area contributed by atoms with Gasteiger partial charge < -0.3 is 14.7 Å². The first-order valence-electron chi connectivity index (χ1n) is 8.77. The number of nitrogens with zero attached hydrogens (tertiary/aromatic N) is 1. The zero-order chi connectivity index (χ0) is 19.8. The van der Waals surface area contributed by atoms with E-state index < -0.39 is 11.9 Å². The topological polar surface area (TPSA) is 83.9 Å². The molecule has 0 aromatic heterocycles. The van der Waals surface area contributed by atoms with E-state index in [-0.39, 0.29) is 11.5 Å². The van der Waals surface area contributed by atoms with Crippen molar-refractivity contribution in [1.29, 1.82) is 0 Å². The first kappa shape index (κ1) is 20.2. The molecule has 0 saturated carbocycles. The highest BCUT2D eigenvalue weighted by Gasteiger charge is 2.17. The first-order chi connectivity index (χ1) is 13.0. The number of hydrogen-bond donors (Lipinski definition) is 1. The number of amides is 1. The Morgan fingerprint density at radius 1 is 0.963 bits per heavy atom. The number of ether oxygens (including phenoxy) is 1. The van der Waals surface area contributed by atoms with E-state index in [0.29, 0.717) is 24.2 Å². The molecule has 0 unspecified atom stereocenters. The average Bonchev–Trinajstić information content (AvgIpc) is 2.70.